The van der Waals surface area contributed by atoms with Crippen LogP contribution in [0.4, 0.5) is 0 Å². The summed E-state index contributed by atoms with van der Waals surface area (Å²) in [5, 5.41) is 2.34. The summed E-state index contributed by atoms with van der Waals surface area (Å²) in [4.78, 5) is 12.8. The van der Waals surface area contributed by atoms with Crippen molar-refractivity contribution in [1.82, 2.24) is 0 Å². The number of fused-ring (bicyclic) bond motifs is 1. The third-order valence-corrected chi connectivity index (χ3v) is 5.31. The molecule has 3 aromatic carbocycles. The highest BCUT2D eigenvalue weighted by atomic mass is 79.9. The van der Waals surface area contributed by atoms with Crippen LogP contribution in [-0.4, -0.2) is 5.78 Å². The maximum absolute atomic E-state index is 12.8. The first-order valence-electron chi connectivity index (χ1n) is 9.66. The topological polar surface area (TPSA) is 20.9 Å². The lowest BCUT2D eigenvalue weighted by atomic mass is 9.98. The molecule has 2 nitrogen and oxygen atoms in total. The second-order valence-electron chi connectivity index (χ2n) is 7.38. The predicted octanol–water partition coefficient (Wildman–Crippen LogP) is 2.23. The van der Waals surface area contributed by atoms with Gasteiger partial charge in [-0.1, -0.05) is 66.7 Å². The third kappa shape index (κ3) is 4.63. The number of hydrogen-bond acceptors (Lipinski definition) is 1. The molecule has 0 bridgehead atoms. The Kier molecular flexibility index (Phi) is 6.60. The van der Waals surface area contributed by atoms with Crippen LogP contribution in [0.1, 0.15) is 16.7 Å². The van der Waals surface area contributed by atoms with Crippen LogP contribution in [0, 0.1) is 13.8 Å². The number of aryl methyl sites for hydroxylation is 2. The first-order valence-corrected chi connectivity index (χ1v) is 9.66. The fourth-order valence-corrected chi connectivity index (χ4v) is 3.83. The average Bonchev–Trinajstić information content (AvgIpc) is 2.71. The van der Waals surface area contributed by atoms with Crippen molar-refractivity contribution in [2.24, 2.45) is 0 Å². The van der Waals surface area contributed by atoms with E-state index >= 15 is 0 Å². The van der Waals surface area contributed by atoms with E-state index in [1.165, 1.54) is 16.5 Å². The second-order valence-corrected chi connectivity index (χ2v) is 7.38. The summed E-state index contributed by atoms with van der Waals surface area (Å²) in [6, 6.07) is 24.9. The zero-order valence-electron chi connectivity index (χ0n) is 16.7. The van der Waals surface area contributed by atoms with Gasteiger partial charge in [-0.3, -0.25) is 4.79 Å². The van der Waals surface area contributed by atoms with Crippen molar-refractivity contribution in [3.8, 4) is 11.1 Å². The molecule has 0 aliphatic carbocycles. The van der Waals surface area contributed by atoms with Gasteiger partial charge in [0.2, 0.25) is 12.3 Å². The minimum absolute atomic E-state index is 0. The lowest BCUT2D eigenvalue weighted by Gasteiger charge is -2.09. The Morgan fingerprint density at radius 2 is 1.45 bits per heavy atom. The summed E-state index contributed by atoms with van der Waals surface area (Å²) < 4.78 is 2.03. The zero-order chi connectivity index (χ0) is 19.5. The molecule has 0 spiro atoms. The molecule has 1 aromatic heterocycles. The normalized spacial score (nSPS) is 10.6. The third-order valence-electron chi connectivity index (χ3n) is 5.31. The van der Waals surface area contributed by atoms with Crippen molar-refractivity contribution in [3.63, 3.8) is 0 Å². The number of ketones is 1. The van der Waals surface area contributed by atoms with Gasteiger partial charge in [-0.15, -0.1) is 0 Å². The lowest BCUT2D eigenvalue weighted by molar-refractivity contribution is -0.682. The highest BCUT2D eigenvalue weighted by molar-refractivity contribution is 5.95. The molecule has 4 rings (SSSR count). The van der Waals surface area contributed by atoms with Crippen molar-refractivity contribution in [1.29, 1.82) is 0 Å². The summed E-state index contributed by atoms with van der Waals surface area (Å²) in [6.45, 7) is 4.52. The van der Waals surface area contributed by atoms with Gasteiger partial charge in [0.1, 0.15) is 0 Å². The fraction of sp³-hybridized carbons (Fsp3) is 0.154. The standard InChI is InChI=1S/C26H24NO.BrH/c1-19-9-8-10-20(2)25(19)15-23(28)17-27-16-22-13-6-7-14-24(22)26(18-27)21-11-4-3-5-12-21;/h3-14,16,18H,15,17H2,1-2H3;1H/q+1;/p-1. The number of Topliss-reactive ketones (excluding diaryl/α,β-unsaturated/α-hetero) is 1. The minimum Gasteiger partial charge on any atom is -1.00 e. The van der Waals surface area contributed by atoms with Gasteiger partial charge < -0.3 is 17.0 Å². The maximum atomic E-state index is 12.8. The summed E-state index contributed by atoms with van der Waals surface area (Å²) in [5.41, 5.74) is 5.83. The van der Waals surface area contributed by atoms with E-state index in [1.54, 1.807) is 0 Å². The molecule has 1 heterocycles. The predicted molar refractivity (Wildman–Crippen MR) is 114 cm³/mol. The van der Waals surface area contributed by atoms with E-state index in [0.29, 0.717) is 13.0 Å². The molecule has 29 heavy (non-hydrogen) atoms. The Bertz CT molecular complexity index is 1130. The van der Waals surface area contributed by atoms with Crippen LogP contribution in [0.2, 0.25) is 0 Å². The van der Waals surface area contributed by atoms with Crippen LogP contribution < -0.4 is 21.5 Å². The highest BCUT2D eigenvalue weighted by Gasteiger charge is 2.16. The maximum Gasteiger partial charge on any atom is 0.206 e. The number of rotatable bonds is 5. The van der Waals surface area contributed by atoms with Gasteiger partial charge >= 0.3 is 0 Å². The van der Waals surface area contributed by atoms with Crippen molar-refractivity contribution >= 4 is 16.6 Å². The molecule has 0 aliphatic rings. The van der Waals surface area contributed by atoms with Crippen LogP contribution in [0.25, 0.3) is 21.9 Å². The molecule has 0 aliphatic heterocycles. The molecular weight excluding hydrogens is 422 g/mol. The van der Waals surface area contributed by atoms with E-state index in [9.17, 15) is 4.79 Å². The van der Waals surface area contributed by atoms with Crippen molar-refractivity contribution < 1.29 is 26.3 Å². The molecule has 0 unspecified atom stereocenters. The minimum atomic E-state index is 0. The van der Waals surface area contributed by atoms with Crippen LogP contribution in [0.5, 0.6) is 0 Å². The molecule has 4 aromatic rings. The zero-order valence-corrected chi connectivity index (χ0v) is 18.3. The van der Waals surface area contributed by atoms with Gasteiger partial charge in [-0.25, -0.2) is 0 Å². The summed E-state index contributed by atoms with van der Waals surface area (Å²) in [5.74, 6) is 0.219. The van der Waals surface area contributed by atoms with Crippen molar-refractivity contribution in [2.75, 3.05) is 0 Å². The number of nitrogens with zero attached hydrogens (tertiary/aromatic N) is 1. The molecule has 0 N–H and O–H groups in total. The number of hydrogen-bond donors (Lipinski definition) is 0. The van der Waals surface area contributed by atoms with Gasteiger partial charge in [0.25, 0.3) is 0 Å². The number of carbonyl (C=O) groups is 1. The van der Waals surface area contributed by atoms with Crippen LogP contribution >= 0.6 is 0 Å². The molecular formula is C26H24BrNO. The molecule has 146 valence electrons. The summed E-state index contributed by atoms with van der Waals surface area (Å²) >= 11 is 0. The van der Waals surface area contributed by atoms with Crippen LogP contribution in [0.15, 0.2) is 85.2 Å². The van der Waals surface area contributed by atoms with E-state index < -0.39 is 0 Å². The van der Waals surface area contributed by atoms with Crippen molar-refractivity contribution in [3.05, 3.63) is 102 Å². The monoisotopic (exact) mass is 445 g/mol. The van der Waals surface area contributed by atoms with Gasteiger partial charge in [-0.2, -0.15) is 4.57 Å². The second kappa shape index (κ2) is 9.15. The van der Waals surface area contributed by atoms with Gasteiger partial charge in [-0.05, 0) is 42.2 Å². The average molecular weight is 446 g/mol. The smallest absolute Gasteiger partial charge is 0.206 e. The van der Waals surface area contributed by atoms with E-state index in [-0.39, 0.29) is 22.8 Å². The first kappa shape index (κ1) is 20.9. The number of aromatic nitrogens is 1. The highest BCUT2D eigenvalue weighted by Crippen LogP contribution is 2.26. The van der Waals surface area contributed by atoms with Crippen molar-refractivity contribution in [2.45, 2.75) is 26.8 Å². The molecule has 0 radical (unpaired) electrons. The fourth-order valence-electron chi connectivity index (χ4n) is 3.83. The van der Waals surface area contributed by atoms with E-state index in [0.717, 1.165) is 22.1 Å². The summed E-state index contributed by atoms with van der Waals surface area (Å²) in [6.07, 6.45) is 4.64. The lowest BCUT2D eigenvalue weighted by Crippen LogP contribution is -3.00. The number of pyridine rings is 1. The molecule has 0 saturated heterocycles. The summed E-state index contributed by atoms with van der Waals surface area (Å²) in [7, 11) is 0. The largest absolute Gasteiger partial charge is 1.00 e. The van der Waals surface area contributed by atoms with Gasteiger partial charge in [0.05, 0.1) is 5.56 Å². The Hall–Kier alpha value is -2.78. The Balaban J connectivity index is 0.00000240. The SMILES string of the molecule is Cc1cccc(C)c1CC(=O)C[n+]1cc(-c2ccccc2)c2ccccc2c1.[Br-]. The molecule has 0 saturated carbocycles. The number of halogens is 1. The van der Waals surface area contributed by atoms with Crippen LogP contribution in [0.3, 0.4) is 0 Å². The Labute approximate surface area is 182 Å². The Morgan fingerprint density at radius 1 is 0.793 bits per heavy atom. The van der Waals surface area contributed by atoms with Gasteiger partial charge in [0.15, 0.2) is 12.4 Å². The van der Waals surface area contributed by atoms with Gasteiger partial charge in [0, 0.05) is 17.2 Å². The quantitative estimate of drug-likeness (QED) is 0.431. The number of benzene rings is 3. The van der Waals surface area contributed by atoms with E-state index in [2.05, 4.69) is 68.7 Å². The molecule has 0 fully saturated rings. The molecule has 3 heteroatoms. The Morgan fingerprint density at radius 3 is 2.17 bits per heavy atom. The number of carbonyl (C=O) groups excluding carboxylic acids is 1. The van der Waals surface area contributed by atoms with Crippen LogP contribution in [-0.2, 0) is 17.8 Å². The van der Waals surface area contributed by atoms with E-state index in [4.69, 9.17) is 0 Å². The molecule has 0 atom stereocenters. The van der Waals surface area contributed by atoms with E-state index in [1.807, 2.05) is 34.9 Å². The molecule has 0 amide bonds. The first-order chi connectivity index (χ1) is 13.6.